The molecule has 1 rings (SSSR count). The Labute approximate surface area is 95.1 Å². The number of benzene rings is 1. The summed E-state index contributed by atoms with van der Waals surface area (Å²) < 4.78 is 0. The first kappa shape index (κ1) is 12.7. The number of nitrogens with zero attached hydrogens (tertiary/aromatic N) is 1. The number of rotatable bonds is 6. The van der Waals surface area contributed by atoms with Gasteiger partial charge >= 0.3 is 5.97 Å². The minimum Gasteiger partial charge on any atom is -0.481 e. The molecule has 4 heteroatoms. The van der Waals surface area contributed by atoms with Crippen LogP contribution in [-0.4, -0.2) is 40.8 Å². The van der Waals surface area contributed by atoms with E-state index in [4.69, 9.17) is 10.2 Å². The van der Waals surface area contributed by atoms with Crippen LogP contribution >= 0.6 is 0 Å². The van der Waals surface area contributed by atoms with Crippen LogP contribution in [0.5, 0.6) is 0 Å². The zero-order valence-corrected chi connectivity index (χ0v) is 9.34. The van der Waals surface area contributed by atoms with Gasteiger partial charge in [-0.3, -0.25) is 9.69 Å². The second-order valence-electron chi connectivity index (χ2n) is 3.83. The molecule has 4 nitrogen and oxygen atoms in total. The van der Waals surface area contributed by atoms with Crippen molar-refractivity contribution < 1.29 is 15.0 Å². The summed E-state index contributed by atoms with van der Waals surface area (Å²) in [4.78, 5) is 12.4. The molecule has 1 aromatic rings. The van der Waals surface area contributed by atoms with Gasteiger partial charge in [0, 0.05) is 12.6 Å². The molecule has 88 valence electrons. The Bertz CT molecular complexity index is 326. The Morgan fingerprint density at radius 3 is 2.50 bits per heavy atom. The maximum atomic E-state index is 10.6. The van der Waals surface area contributed by atoms with Crippen LogP contribution < -0.4 is 0 Å². The first-order chi connectivity index (χ1) is 7.63. The Morgan fingerprint density at radius 2 is 2.00 bits per heavy atom. The van der Waals surface area contributed by atoms with Crippen LogP contribution in [0.25, 0.3) is 0 Å². The standard InChI is InChI=1S/C12H17NO3/c1-13(11(9-14)7-12(15)16)8-10-5-3-2-4-6-10/h2-6,11,14H,7-9H2,1H3,(H,15,16). The van der Waals surface area contributed by atoms with Crippen molar-refractivity contribution in [1.29, 1.82) is 0 Å². The minimum absolute atomic E-state index is 0.0418. The maximum absolute atomic E-state index is 10.6. The molecule has 0 bridgehead atoms. The molecule has 0 saturated heterocycles. The molecule has 1 atom stereocenters. The second kappa shape index (κ2) is 6.25. The molecule has 1 unspecified atom stereocenters. The molecule has 0 amide bonds. The van der Waals surface area contributed by atoms with Gasteiger partial charge in [0.05, 0.1) is 13.0 Å². The molecule has 0 aliphatic rings. The number of aliphatic hydroxyl groups is 1. The number of aliphatic hydroxyl groups excluding tert-OH is 1. The van der Waals surface area contributed by atoms with Gasteiger partial charge in [0.2, 0.25) is 0 Å². The third kappa shape index (κ3) is 4.00. The fourth-order valence-corrected chi connectivity index (χ4v) is 1.56. The van der Waals surface area contributed by atoms with Gasteiger partial charge in [0.15, 0.2) is 0 Å². The fourth-order valence-electron chi connectivity index (χ4n) is 1.56. The monoisotopic (exact) mass is 223 g/mol. The highest BCUT2D eigenvalue weighted by Crippen LogP contribution is 2.08. The van der Waals surface area contributed by atoms with Crippen molar-refractivity contribution in [2.75, 3.05) is 13.7 Å². The molecular weight excluding hydrogens is 206 g/mol. The van der Waals surface area contributed by atoms with E-state index in [2.05, 4.69) is 0 Å². The molecule has 0 heterocycles. The highest BCUT2D eigenvalue weighted by atomic mass is 16.4. The third-order valence-corrected chi connectivity index (χ3v) is 2.52. The quantitative estimate of drug-likeness (QED) is 0.754. The Hall–Kier alpha value is -1.39. The van der Waals surface area contributed by atoms with E-state index in [0.717, 1.165) is 5.56 Å². The van der Waals surface area contributed by atoms with Gasteiger partial charge in [-0.1, -0.05) is 30.3 Å². The molecule has 0 aliphatic heterocycles. The number of carboxylic acid groups (broad SMARTS) is 1. The lowest BCUT2D eigenvalue weighted by molar-refractivity contribution is -0.138. The van der Waals surface area contributed by atoms with Crippen molar-refractivity contribution in [3.63, 3.8) is 0 Å². The van der Waals surface area contributed by atoms with Gasteiger partial charge in [-0.2, -0.15) is 0 Å². The SMILES string of the molecule is CN(Cc1ccccc1)C(CO)CC(=O)O. The molecule has 1 aromatic carbocycles. The first-order valence-electron chi connectivity index (χ1n) is 5.20. The van der Waals surface area contributed by atoms with E-state index in [1.54, 1.807) is 0 Å². The predicted molar refractivity (Wildman–Crippen MR) is 61.0 cm³/mol. The van der Waals surface area contributed by atoms with E-state index in [0.29, 0.717) is 6.54 Å². The van der Waals surface area contributed by atoms with E-state index in [-0.39, 0.29) is 19.1 Å². The molecule has 0 saturated carbocycles. The van der Waals surface area contributed by atoms with Crippen molar-refractivity contribution in [2.45, 2.75) is 19.0 Å². The summed E-state index contributed by atoms with van der Waals surface area (Å²) in [6.07, 6.45) is -0.0418. The molecule has 2 N–H and O–H groups in total. The highest BCUT2D eigenvalue weighted by Gasteiger charge is 2.17. The summed E-state index contributed by atoms with van der Waals surface area (Å²) in [6.45, 7) is 0.495. The van der Waals surface area contributed by atoms with Crippen molar-refractivity contribution in [2.24, 2.45) is 0 Å². The maximum Gasteiger partial charge on any atom is 0.305 e. The van der Waals surface area contributed by atoms with Crippen LogP contribution in [0.4, 0.5) is 0 Å². The van der Waals surface area contributed by atoms with Gasteiger partial charge in [-0.05, 0) is 12.6 Å². The lowest BCUT2D eigenvalue weighted by atomic mass is 10.1. The largest absolute Gasteiger partial charge is 0.481 e. The minimum atomic E-state index is -0.890. The van der Waals surface area contributed by atoms with Crippen LogP contribution in [0, 0.1) is 0 Å². The van der Waals surface area contributed by atoms with Crippen molar-refractivity contribution in [1.82, 2.24) is 4.90 Å². The Morgan fingerprint density at radius 1 is 1.38 bits per heavy atom. The van der Waals surface area contributed by atoms with Gasteiger partial charge < -0.3 is 10.2 Å². The number of aliphatic carboxylic acids is 1. The molecule has 0 spiro atoms. The molecule has 0 aliphatic carbocycles. The van der Waals surface area contributed by atoms with Crippen molar-refractivity contribution in [3.05, 3.63) is 35.9 Å². The van der Waals surface area contributed by atoms with E-state index in [1.807, 2.05) is 42.3 Å². The molecular formula is C12H17NO3. The number of carboxylic acids is 1. The Balaban J connectivity index is 2.55. The van der Waals surface area contributed by atoms with Gasteiger partial charge in [0.25, 0.3) is 0 Å². The average molecular weight is 223 g/mol. The number of hydrogen-bond donors (Lipinski definition) is 2. The van der Waals surface area contributed by atoms with Crippen LogP contribution in [0.2, 0.25) is 0 Å². The zero-order chi connectivity index (χ0) is 12.0. The van der Waals surface area contributed by atoms with Crippen LogP contribution in [0.1, 0.15) is 12.0 Å². The number of hydrogen-bond acceptors (Lipinski definition) is 3. The average Bonchev–Trinajstić information content (AvgIpc) is 2.26. The predicted octanol–water partition coefficient (Wildman–Crippen LogP) is 0.954. The van der Waals surface area contributed by atoms with E-state index in [1.165, 1.54) is 0 Å². The Kier molecular flexibility index (Phi) is 4.95. The topological polar surface area (TPSA) is 60.8 Å². The smallest absolute Gasteiger partial charge is 0.305 e. The zero-order valence-electron chi connectivity index (χ0n) is 9.34. The molecule has 0 aromatic heterocycles. The summed E-state index contributed by atoms with van der Waals surface area (Å²) in [5, 5.41) is 17.8. The van der Waals surface area contributed by atoms with Crippen molar-refractivity contribution >= 4 is 5.97 Å². The normalized spacial score (nSPS) is 12.7. The highest BCUT2D eigenvalue weighted by molar-refractivity contribution is 5.67. The number of likely N-dealkylation sites (N-methyl/N-ethyl adjacent to an activating group) is 1. The lowest BCUT2D eigenvalue weighted by Crippen LogP contribution is -2.36. The van der Waals surface area contributed by atoms with E-state index >= 15 is 0 Å². The lowest BCUT2D eigenvalue weighted by Gasteiger charge is -2.25. The summed E-state index contributed by atoms with van der Waals surface area (Å²) in [5.74, 6) is -0.890. The van der Waals surface area contributed by atoms with Gasteiger partial charge in [-0.25, -0.2) is 0 Å². The summed E-state index contributed by atoms with van der Waals surface area (Å²) in [6, 6.07) is 9.43. The molecule has 0 radical (unpaired) electrons. The van der Waals surface area contributed by atoms with Crippen LogP contribution in [0.15, 0.2) is 30.3 Å². The van der Waals surface area contributed by atoms with E-state index in [9.17, 15) is 4.79 Å². The fraction of sp³-hybridized carbons (Fsp3) is 0.417. The molecule has 16 heavy (non-hydrogen) atoms. The van der Waals surface area contributed by atoms with Crippen molar-refractivity contribution in [3.8, 4) is 0 Å². The van der Waals surface area contributed by atoms with Gasteiger partial charge in [0.1, 0.15) is 0 Å². The number of carbonyl (C=O) groups is 1. The van der Waals surface area contributed by atoms with Crippen LogP contribution in [0.3, 0.4) is 0 Å². The summed E-state index contributed by atoms with van der Waals surface area (Å²) in [5.41, 5.74) is 1.11. The third-order valence-electron chi connectivity index (χ3n) is 2.52. The van der Waals surface area contributed by atoms with Crippen LogP contribution in [-0.2, 0) is 11.3 Å². The second-order valence-corrected chi connectivity index (χ2v) is 3.83. The van der Waals surface area contributed by atoms with Gasteiger partial charge in [-0.15, -0.1) is 0 Å². The summed E-state index contributed by atoms with van der Waals surface area (Å²) in [7, 11) is 1.82. The van der Waals surface area contributed by atoms with E-state index < -0.39 is 5.97 Å². The first-order valence-corrected chi connectivity index (χ1v) is 5.20. The summed E-state index contributed by atoms with van der Waals surface area (Å²) >= 11 is 0. The molecule has 0 fully saturated rings.